The number of carboxylic acids is 1. The lowest BCUT2D eigenvalue weighted by molar-refractivity contribution is -0.152. The van der Waals surface area contributed by atoms with Gasteiger partial charge in [0, 0.05) is 6.54 Å². The molecule has 1 saturated carbocycles. The predicted molar refractivity (Wildman–Crippen MR) is 56.1 cm³/mol. The van der Waals surface area contributed by atoms with Gasteiger partial charge in [-0.1, -0.05) is 19.9 Å². The minimum atomic E-state index is -0.726. The predicted octanol–water partition coefficient (Wildman–Crippen LogP) is 1.65. The van der Waals surface area contributed by atoms with E-state index in [9.17, 15) is 4.79 Å². The molecule has 0 aromatic carbocycles. The molecule has 1 fully saturated rings. The topological polar surface area (TPSA) is 49.3 Å². The second-order valence-corrected chi connectivity index (χ2v) is 4.47. The maximum absolute atomic E-state index is 11.1. The fourth-order valence-corrected chi connectivity index (χ4v) is 1.97. The Labute approximate surface area is 85.2 Å². The summed E-state index contributed by atoms with van der Waals surface area (Å²) in [6, 6.07) is 0. The van der Waals surface area contributed by atoms with Crippen LogP contribution >= 0.6 is 0 Å². The molecule has 0 bridgehead atoms. The van der Waals surface area contributed by atoms with E-state index in [1.807, 2.05) is 0 Å². The summed E-state index contributed by atoms with van der Waals surface area (Å²) >= 11 is 0. The van der Waals surface area contributed by atoms with Crippen LogP contribution in [0.15, 0.2) is 12.7 Å². The quantitative estimate of drug-likeness (QED) is 0.659. The first-order valence-corrected chi connectivity index (χ1v) is 5.11. The van der Waals surface area contributed by atoms with Crippen LogP contribution in [0.1, 0.15) is 26.7 Å². The SMILES string of the molecule is C=CCNC1(C(=O)O)CC(C(C)C)C1. The van der Waals surface area contributed by atoms with Crippen LogP contribution in [-0.2, 0) is 4.79 Å². The summed E-state index contributed by atoms with van der Waals surface area (Å²) in [4.78, 5) is 11.1. The van der Waals surface area contributed by atoms with Crippen molar-refractivity contribution in [3.05, 3.63) is 12.7 Å². The molecular weight excluding hydrogens is 178 g/mol. The number of hydrogen-bond donors (Lipinski definition) is 2. The summed E-state index contributed by atoms with van der Waals surface area (Å²) in [6.07, 6.45) is 3.19. The summed E-state index contributed by atoms with van der Waals surface area (Å²) in [5.41, 5.74) is -0.677. The number of carboxylic acid groups (broad SMARTS) is 1. The van der Waals surface area contributed by atoms with Gasteiger partial charge < -0.3 is 5.11 Å². The van der Waals surface area contributed by atoms with E-state index in [0.29, 0.717) is 18.4 Å². The Balaban J connectivity index is 2.53. The van der Waals surface area contributed by atoms with Crippen molar-refractivity contribution in [1.82, 2.24) is 5.32 Å². The third-order valence-corrected chi connectivity index (χ3v) is 3.16. The van der Waals surface area contributed by atoms with Crippen LogP contribution in [0.4, 0.5) is 0 Å². The Morgan fingerprint density at radius 1 is 1.71 bits per heavy atom. The second kappa shape index (κ2) is 4.13. The fraction of sp³-hybridized carbons (Fsp3) is 0.727. The van der Waals surface area contributed by atoms with Crippen LogP contribution in [0.25, 0.3) is 0 Å². The molecule has 0 unspecified atom stereocenters. The van der Waals surface area contributed by atoms with Crippen molar-refractivity contribution in [2.45, 2.75) is 32.2 Å². The van der Waals surface area contributed by atoms with E-state index in [1.54, 1.807) is 6.08 Å². The molecule has 2 N–H and O–H groups in total. The molecule has 0 atom stereocenters. The molecule has 0 amide bonds. The van der Waals surface area contributed by atoms with Crippen molar-refractivity contribution in [2.75, 3.05) is 6.54 Å². The standard InChI is InChI=1S/C11H19NO2/c1-4-5-12-11(10(13)14)6-9(7-11)8(2)3/h4,8-9,12H,1,5-7H2,2-3H3,(H,13,14). The Hall–Kier alpha value is -0.830. The van der Waals surface area contributed by atoms with Crippen molar-refractivity contribution in [2.24, 2.45) is 11.8 Å². The Kier molecular flexibility index (Phi) is 3.32. The molecule has 3 nitrogen and oxygen atoms in total. The molecule has 0 aromatic heterocycles. The van der Waals surface area contributed by atoms with Gasteiger partial charge in [0.15, 0.2) is 0 Å². The zero-order chi connectivity index (χ0) is 10.8. The highest BCUT2D eigenvalue weighted by atomic mass is 16.4. The van der Waals surface area contributed by atoms with Crippen molar-refractivity contribution < 1.29 is 9.90 Å². The van der Waals surface area contributed by atoms with Crippen LogP contribution < -0.4 is 5.32 Å². The fourth-order valence-electron chi connectivity index (χ4n) is 1.97. The average molecular weight is 197 g/mol. The lowest BCUT2D eigenvalue weighted by atomic mass is 9.64. The Morgan fingerprint density at radius 3 is 2.64 bits per heavy atom. The molecule has 1 aliphatic carbocycles. The smallest absolute Gasteiger partial charge is 0.323 e. The van der Waals surface area contributed by atoms with Gasteiger partial charge in [0.05, 0.1) is 0 Å². The van der Waals surface area contributed by atoms with Gasteiger partial charge in [-0.15, -0.1) is 6.58 Å². The molecule has 1 aliphatic rings. The molecule has 0 saturated heterocycles. The van der Waals surface area contributed by atoms with Crippen LogP contribution in [0.5, 0.6) is 0 Å². The van der Waals surface area contributed by atoms with E-state index in [2.05, 4.69) is 25.7 Å². The Bertz CT molecular complexity index is 229. The minimum absolute atomic E-state index is 0.545. The van der Waals surface area contributed by atoms with Gasteiger partial charge >= 0.3 is 5.97 Å². The lowest BCUT2D eigenvalue weighted by Gasteiger charge is -2.46. The van der Waals surface area contributed by atoms with Gasteiger partial charge in [0.25, 0.3) is 0 Å². The average Bonchev–Trinajstić information content (AvgIpc) is 2.01. The molecule has 0 radical (unpaired) electrons. The van der Waals surface area contributed by atoms with Gasteiger partial charge in [-0.3, -0.25) is 10.1 Å². The van der Waals surface area contributed by atoms with E-state index in [4.69, 9.17) is 5.11 Å². The maximum Gasteiger partial charge on any atom is 0.323 e. The van der Waals surface area contributed by atoms with Crippen molar-refractivity contribution in [1.29, 1.82) is 0 Å². The van der Waals surface area contributed by atoms with E-state index >= 15 is 0 Å². The highest BCUT2D eigenvalue weighted by Crippen LogP contribution is 2.42. The maximum atomic E-state index is 11.1. The van der Waals surface area contributed by atoms with Crippen molar-refractivity contribution >= 4 is 5.97 Å². The van der Waals surface area contributed by atoms with Gasteiger partial charge in [-0.05, 0) is 24.7 Å². The third-order valence-electron chi connectivity index (χ3n) is 3.16. The normalized spacial score (nSPS) is 31.2. The minimum Gasteiger partial charge on any atom is -0.480 e. The summed E-state index contributed by atoms with van der Waals surface area (Å²) in [7, 11) is 0. The monoisotopic (exact) mass is 197 g/mol. The summed E-state index contributed by atoms with van der Waals surface area (Å²) < 4.78 is 0. The van der Waals surface area contributed by atoms with Crippen molar-refractivity contribution in [3.8, 4) is 0 Å². The first kappa shape index (κ1) is 11.2. The highest BCUT2D eigenvalue weighted by molar-refractivity contribution is 5.80. The molecule has 0 heterocycles. The molecule has 3 heteroatoms. The molecule has 0 aliphatic heterocycles. The van der Waals surface area contributed by atoms with Crippen LogP contribution in [0.2, 0.25) is 0 Å². The molecule has 14 heavy (non-hydrogen) atoms. The first-order valence-electron chi connectivity index (χ1n) is 5.11. The van der Waals surface area contributed by atoms with E-state index in [-0.39, 0.29) is 0 Å². The van der Waals surface area contributed by atoms with Crippen LogP contribution in [-0.4, -0.2) is 23.2 Å². The van der Waals surface area contributed by atoms with Gasteiger partial charge in [0.1, 0.15) is 5.54 Å². The number of aliphatic carboxylic acids is 1. The molecule has 0 aromatic rings. The van der Waals surface area contributed by atoms with E-state index in [1.165, 1.54) is 0 Å². The van der Waals surface area contributed by atoms with Crippen LogP contribution in [0, 0.1) is 11.8 Å². The Morgan fingerprint density at radius 2 is 2.29 bits per heavy atom. The van der Waals surface area contributed by atoms with Gasteiger partial charge in [-0.25, -0.2) is 0 Å². The number of nitrogens with one attached hydrogen (secondary N) is 1. The molecule has 1 rings (SSSR count). The number of carbonyl (C=O) groups is 1. The molecule has 0 spiro atoms. The zero-order valence-electron chi connectivity index (χ0n) is 8.92. The van der Waals surface area contributed by atoms with E-state index < -0.39 is 11.5 Å². The number of rotatable bonds is 5. The lowest BCUT2D eigenvalue weighted by Crippen LogP contribution is -2.61. The van der Waals surface area contributed by atoms with Crippen LogP contribution in [0.3, 0.4) is 0 Å². The molecular formula is C11H19NO2. The first-order chi connectivity index (χ1) is 6.52. The largest absolute Gasteiger partial charge is 0.480 e. The second-order valence-electron chi connectivity index (χ2n) is 4.47. The third kappa shape index (κ3) is 1.98. The summed E-state index contributed by atoms with van der Waals surface area (Å²) in [5.74, 6) is 0.396. The highest BCUT2D eigenvalue weighted by Gasteiger charge is 2.50. The van der Waals surface area contributed by atoms with Gasteiger partial charge in [0.2, 0.25) is 0 Å². The zero-order valence-corrected chi connectivity index (χ0v) is 8.92. The van der Waals surface area contributed by atoms with Gasteiger partial charge in [-0.2, -0.15) is 0 Å². The summed E-state index contributed by atoms with van der Waals surface area (Å²) in [6.45, 7) is 8.43. The molecule has 80 valence electrons. The number of hydrogen-bond acceptors (Lipinski definition) is 2. The van der Waals surface area contributed by atoms with E-state index in [0.717, 1.165) is 12.8 Å². The summed E-state index contributed by atoms with van der Waals surface area (Å²) in [5, 5.41) is 12.2. The van der Waals surface area contributed by atoms with Crippen molar-refractivity contribution in [3.63, 3.8) is 0 Å².